The molecule has 0 saturated carbocycles. The van der Waals surface area contributed by atoms with Gasteiger partial charge in [0.1, 0.15) is 24.7 Å². The van der Waals surface area contributed by atoms with Crippen molar-refractivity contribution < 1.29 is 23.1 Å². The van der Waals surface area contributed by atoms with Crippen LogP contribution in [0.3, 0.4) is 0 Å². The Labute approximate surface area is 180 Å². The first-order chi connectivity index (χ1) is 14.7. The van der Waals surface area contributed by atoms with Crippen LogP contribution in [0.4, 0.5) is 0 Å². The molecule has 7 nitrogen and oxygen atoms in total. The fraction of sp³-hybridized carbons (Fsp3) is 0.455. The number of hydrogen-bond acceptors (Lipinski definition) is 5. The van der Waals surface area contributed by atoms with Gasteiger partial charge in [0.2, 0.25) is 11.8 Å². The maximum absolute atomic E-state index is 11.9. The number of likely N-dealkylation sites (tertiary alicyclic amines) is 1. The van der Waals surface area contributed by atoms with Gasteiger partial charge < -0.3 is 19.4 Å². The van der Waals surface area contributed by atoms with Crippen molar-refractivity contribution in [3.63, 3.8) is 0 Å². The largest absolute Gasteiger partial charge is 0.473 e. The van der Waals surface area contributed by atoms with Crippen LogP contribution in [0.15, 0.2) is 53.3 Å². The standard InChI is InChI=1S/C22H29N3O4S/c26-21(18-30(27)17-20-9-7-15-28-20)23-10-2-5-14-29-22-19(8-6-11-24-22)16-25-12-3-1-4-13-25/h2,5-9,11,15H,1,3-4,10,12-14,16-18H2,(H,23,26)/p+1/b5-2-/t30-/m1/s1. The highest BCUT2D eigenvalue weighted by atomic mass is 32.2. The zero-order valence-electron chi connectivity index (χ0n) is 17.2. The first-order valence-electron chi connectivity index (χ1n) is 10.4. The van der Waals surface area contributed by atoms with Gasteiger partial charge in [-0.2, -0.15) is 0 Å². The lowest BCUT2D eigenvalue weighted by Crippen LogP contribution is -3.11. The van der Waals surface area contributed by atoms with Crippen LogP contribution in [-0.4, -0.2) is 47.1 Å². The van der Waals surface area contributed by atoms with E-state index in [-0.39, 0.29) is 17.4 Å². The molecule has 0 spiro atoms. The summed E-state index contributed by atoms with van der Waals surface area (Å²) in [5.74, 6) is 1.25. The summed E-state index contributed by atoms with van der Waals surface area (Å²) in [7, 11) is -1.28. The Balaban J connectivity index is 1.34. The lowest BCUT2D eigenvalue weighted by atomic mass is 10.1. The van der Waals surface area contributed by atoms with Crippen LogP contribution in [0, 0.1) is 0 Å². The molecule has 0 aromatic carbocycles. The quantitative estimate of drug-likeness (QED) is 0.522. The van der Waals surface area contributed by atoms with Gasteiger partial charge in [-0.1, -0.05) is 6.08 Å². The van der Waals surface area contributed by atoms with E-state index in [1.165, 1.54) is 38.6 Å². The summed E-state index contributed by atoms with van der Waals surface area (Å²) in [6.45, 7) is 4.12. The summed E-state index contributed by atoms with van der Waals surface area (Å²) in [4.78, 5) is 17.8. The molecule has 3 heterocycles. The summed E-state index contributed by atoms with van der Waals surface area (Å²) in [6.07, 6.45) is 10.9. The predicted octanol–water partition coefficient (Wildman–Crippen LogP) is 1.24. The minimum absolute atomic E-state index is 0.0405. The van der Waals surface area contributed by atoms with E-state index in [0.29, 0.717) is 24.8 Å². The second kappa shape index (κ2) is 12.3. The van der Waals surface area contributed by atoms with Gasteiger partial charge in [0.15, 0.2) is 0 Å². The van der Waals surface area contributed by atoms with Crippen LogP contribution in [0.25, 0.3) is 0 Å². The van der Waals surface area contributed by atoms with Gasteiger partial charge in [-0.05, 0) is 49.6 Å². The van der Waals surface area contributed by atoms with E-state index in [1.807, 2.05) is 18.2 Å². The van der Waals surface area contributed by atoms with Crippen molar-refractivity contribution in [3.05, 3.63) is 60.2 Å². The molecular formula is C22H30N3O4S+. The predicted molar refractivity (Wildman–Crippen MR) is 116 cm³/mol. The Morgan fingerprint density at radius 1 is 1.23 bits per heavy atom. The average molecular weight is 433 g/mol. The number of hydrogen-bond donors (Lipinski definition) is 2. The number of carbonyl (C=O) groups is 1. The molecule has 1 amide bonds. The fourth-order valence-corrected chi connectivity index (χ4v) is 4.42. The molecule has 3 rings (SSSR count). The monoisotopic (exact) mass is 432 g/mol. The van der Waals surface area contributed by atoms with Gasteiger partial charge >= 0.3 is 0 Å². The molecule has 1 aliphatic rings. The number of rotatable bonds is 11. The topological polar surface area (TPSA) is 85.9 Å². The Kier molecular flexibility index (Phi) is 9.11. The van der Waals surface area contributed by atoms with Crippen molar-refractivity contribution in [2.45, 2.75) is 31.6 Å². The van der Waals surface area contributed by atoms with Crippen molar-refractivity contribution in [3.8, 4) is 5.88 Å². The SMILES string of the molecule is O=C(C[S@](=O)Cc1ccco1)NC/C=C\COc1ncccc1C[NH+]1CCCCC1. The van der Waals surface area contributed by atoms with Crippen LogP contribution in [0.2, 0.25) is 0 Å². The zero-order chi connectivity index (χ0) is 21.0. The van der Waals surface area contributed by atoms with E-state index < -0.39 is 10.8 Å². The normalized spacial score (nSPS) is 15.9. The summed E-state index contributed by atoms with van der Waals surface area (Å²) in [5.41, 5.74) is 1.13. The molecule has 8 heteroatoms. The minimum atomic E-state index is -1.28. The molecule has 0 radical (unpaired) electrons. The number of nitrogens with zero attached hydrogens (tertiary/aromatic N) is 1. The fourth-order valence-electron chi connectivity index (χ4n) is 3.44. The van der Waals surface area contributed by atoms with Crippen molar-refractivity contribution >= 4 is 16.7 Å². The number of piperidine rings is 1. The first-order valence-corrected chi connectivity index (χ1v) is 11.9. The molecular weight excluding hydrogens is 402 g/mol. The highest BCUT2D eigenvalue weighted by Crippen LogP contribution is 2.13. The first kappa shape index (κ1) is 22.2. The van der Waals surface area contributed by atoms with Crippen LogP contribution in [-0.2, 0) is 27.9 Å². The van der Waals surface area contributed by atoms with Crippen molar-refractivity contribution in [1.82, 2.24) is 10.3 Å². The van der Waals surface area contributed by atoms with Crippen LogP contribution in [0.1, 0.15) is 30.6 Å². The molecule has 0 aliphatic carbocycles. The Morgan fingerprint density at radius 3 is 2.90 bits per heavy atom. The summed E-state index contributed by atoms with van der Waals surface area (Å²) in [6, 6.07) is 7.52. The smallest absolute Gasteiger partial charge is 0.232 e. The molecule has 1 saturated heterocycles. The van der Waals surface area contributed by atoms with E-state index in [9.17, 15) is 9.00 Å². The number of amides is 1. The molecule has 162 valence electrons. The third-order valence-corrected chi connectivity index (χ3v) is 6.12. The highest BCUT2D eigenvalue weighted by molar-refractivity contribution is 7.84. The van der Waals surface area contributed by atoms with Crippen molar-refractivity contribution in [1.29, 1.82) is 0 Å². The van der Waals surface area contributed by atoms with Crippen LogP contribution < -0.4 is 15.0 Å². The third-order valence-electron chi connectivity index (χ3n) is 4.93. The van der Waals surface area contributed by atoms with Crippen LogP contribution >= 0.6 is 0 Å². The number of quaternary nitrogens is 1. The minimum Gasteiger partial charge on any atom is -0.473 e. The second-order valence-electron chi connectivity index (χ2n) is 7.35. The van der Waals surface area contributed by atoms with E-state index in [4.69, 9.17) is 9.15 Å². The highest BCUT2D eigenvalue weighted by Gasteiger charge is 2.16. The molecule has 2 aromatic rings. The molecule has 0 bridgehead atoms. The molecule has 1 aliphatic heterocycles. The Hall–Kier alpha value is -2.45. The maximum Gasteiger partial charge on any atom is 0.232 e. The van der Waals surface area contributed by atoms with Gasteiger partial charge in [0.25, 0.3) is 0 Å². The number of ether oxygens (including phenoxy) is 1. The number of pyridine rings is 1. The lowest BCUT2D eigenvalue weighted by molar-refractivity contribution is -0.918. The molecule has 1 atom stereocenters. The lowest BCUT2D eigenvalue weighted by Gasteiger charge is -2.24. The average Bonchev–Trinajstić information content (AvgIpc) is 3.25. The molecule has 2 N–H and O–H groups in total. The van der Waals surface area contributed by atoms with E-state index in [2.05, 4.69) is 16.4 Å². The van der Waals surface area contributed by atoms with E-state index in [1.54, 1.807) is 23.2 Å². The van der Waals surface area contributed by atoms with Gasteiger partial charge in [0, 0.05) is 23.5 Å². The van der Waals surface area contributed by atoms with Gasteiger partial charge in [0.05, 0.1) is 30.7 Å². The molecule has 1 fully saturated rings. The molecule has 0 unspecified atom stereocenters. The van der Waals surface area contributed by atoms with Crippen molar-refractivity contribution in [2.24, 2.45) is 0 Å². The Morgan fingerprint density at radius 2 is 2.10 bits per heavy atom. The third kappa shape index (κ3) is 7.76. The summed E-state index contributed by atoms with van der Waals surface area (Å²) in [5, 5.41) is 2.73. The molecule has 30 heavy (non-hydrogen) atoms. The van der Waals surface area contributed by atoms with Gasteiger partial charge in [-0.15, -0.1) is 0 Å². The Bertz CT molecular complexity index is 833. The number of aromatic nitrogens is 1. The number of carbonyl (C=O) groups excluding carboxylic acids is 1. The van der Waals surface area contributed by atoms with Crippen LogP contribution in [0.5, 0.6) is 5.88 Å². The maximum atomic E-state index is 11.9. The van der Waals surface area contributed by atoms with Crippen molar-refractivity contribution in [2.75, 3.05) is 32.0 Å². The number of furan rings is 1. The van der Waals surface area contributed by atoms with E-state index >= 15 is 0 Å². The van der Waals surface area contributed by atoms with Gasteiger partial charge in [-0.3, -0.25) is 9.00 Å². The van der Waals surface area contributed by atoms with E-state index in [0.717, 1.165) is 12.1 Å². The van der Waals surface area contributed by atoms with Gasteiger partial charge in [-0.25, -0.2) is 4.98 Å². The zero-order valence-corrected chi connectivity index (χ0v) is 18.0. The molecule has 2 aromatic heterocycles. The summed E-state index contributed by atoms with van der Waals surface area (Å²) >= 11 is 0. The number of nitrogens with one attached hydrogen (secondary N) is 2. The summed E-state index contributed by atoms with van der Waals surface area (Å²) < 4.78 is 22.9. The second-order valence-corrected chi connectivity index (χ2v) is 8.81.